The van der Waals surface area contributed by atoms with Crippen LogP contribution in [0.1, 0.15) is 77.0 Å². The summed E-state index contributed by atoms with van der Waals surface area (Å²) in [6.45, 7) is 0.730. The SMILES string of the molecule is O=CC1(OC2CCCCO2)CCCC1CCCCCCC(=O)O. The smallest absolute Gasteiger partial charge is 0.303 e. The molecule has 0 aromatic rings. The van der Waals surface area contributed by atoms with Crippen molar-refractivity contribution in [1.29, 1.82) is 0 Å². The van der Waals surface area contributed by atoms with Crippen LogP contribution < -0.4 is 0 Å². The van der Waals surface area contributed by atoms with Crippen LogP contribution in [0.15, 0.2) is 0 Å². The minimum atomic E-state index is -0.721. The molecule has 1 saturated heterocycles. The van der Waals surface area contributed by atoms with Gasteiger partial charge in [0.2, 0.25) is 0 Å². The van der Waals surface area contributed by atoms with Crippen molar-refractivity contribution < 1.29 is 24.2 Å². The van der Waals surface area contributed by atoms with Crippen LogP contribution in [0.5, 0.6) is 0 Å². The summed E-state index contributed by atoms with van der Waals surface area (Å²) in [5.41, 5.74) is -0.650. The predicted molar refractivity (Wildman–Crippen MR) is 86.1 cm³/mol. The van der Waals surface area contributed by atoms with Gasteiger partial charge in [-0.15, -0.1) is 0 Å². The van der Waals surface area contributed by atoms with Crippen molar-refractivity contribution in [1.82, 2.24) is 0 Å². The fraction of sp³-hybridized carbons (Fsp3) is 0.889. The first kappa shape index (κ1) is 18.4. The largest absolute Gasteiger partial charge is 0.481 e. The zero-order chi connectivity index (χ0) is 16.5. The molecule has 2 aliphatic rings. The Morgan fingerprint density at radius 1 is 1.17 bits per heavy atom. The Balaban J connectivity index is 1.75. The zero-order valence-electron chi connectivity index (χ0n) is 14.0. The lowest BCUT2D eigenvalue weighted by molar-refractivity contribution is -0.226. The minimum Gasteiger partial charge on any atom is -0.481 e. The molecule has 1 heterocycles. The van der Waals surface area contributed by atoms with Gasteiger partial charge in [-0.1, -0.05) is 19.3 Å². The van der Waals surface area contributed by atoms with E-state index in [1.807, 2.05) is 0 Å². The van der Waals surface area contributed by atoms with Crippen molar-refractivity contribution in [3.05, 3.63) is 0 Å². The molecular formula is C18H30O5. The molecule has 5 heteroatoms. The van der Waals surface area contributed by atoms with Gasteiger partial charge in [-0.2, -0.15) is 0 Å². The second-order valence-electron chi connectivity index (χ2n) is 6.92. The summed E-state index contributed by atoms with van der Waals surface area (Å²) < 4.78 is 11.8. The Hall–Kier alpha value is -0.940. The number of carbonyl (C=O) groups excluding carboxylic acids is 1. The van der Waals surface area contributed by atoms with Crippen LogP contribution in [0.3, 0.4) is 0 Å². The van der Waals surface area contributed by atoms with Crippen molar-refractivity contribution in [3.8, 4) is 0 Å². The van der Waals surface area contributed by atoms with Gasteiger partial charge >= 0.3 is 5.97 Å². The molecule has 1 aliphatic heterocycles. The van der Waals surface area contributed by atoms with Crippen molar-refractivity contribution in [3.63, 3.8) is 0 Å². The highest BCUT2D eigenvalue weighted by Crippen LogP contribution is 2.42. The minimum absolute atomic E-state index is 0.217. The van der Waals surface area contributed by atoms with E-state index in [4.69, 9.17) is 14.6 Å². The monoisotopic (exact) mass is 326 g/mol. The summed E-state index contributed by atoms with van der Waals surface area (Å²) in [5, 5.41) is 8.63. The molecule has 0 aromatic heterocycles. The lowest BCUT2D eigenvalue weighted by Crippen LogP contribution is -2.43. The molecule has 2 fully saturated rings. The fourth-order valence-corrected chi connectivity index (χ4v) is 3.87. The molecule has 3 atom stereocenters. The Labute approximate surface area is 138 Å². The lowest BCUT2D eigenvalue weighted by atomic mass is 9.87. The second kappa shape index (κ2) is 9.38. The predicted octanol–water partition coefficient (Wildman–Crippen LogP) is 3.69. The number of rotatable bonds is 10. The summed E-state index contributed by atoms with van der Waals surface area (Å²) in [7, 11) is 0. The molecular weight excluding hydrogens is 296 g/mol. The molecule has 0 amide bonds. The number of aldehydes is 1. The summed E-state index contributed by atoms with van der Waals surface area (Å²) in [6.07, 6.45) is 11.7. The van der Waals surface area contributed by atoms with Crippen molar-refractivity contribution in [2.24, 2.45) is 5.92 Å². The first-order chi connectivity index (χ1) is 11.2. The fourth-order valence-electron chi connectivity index (χ4n) is 3.87. The zero-order valence-corrected chi connectivity index (χ0v) is 14.0. The standard InChI is InChI=1S/C18H30O5/c19-14-18(23-17-11-5-6-13-22-17)12-7-9-15(18)8-3-1-2-4-10-16(20)21/h14-15,17H,1-13H2,(H,20,21). The summed E-state index contributed by atoms with van der Waals surface area (Å²) in [6, 6.07) is 0. The second-order valence-corrected chi connectivity index (χ2v) is 6.92. The summed E-state index contributed by atoms with van der Waals surface area (Å²) in [5.74, 6) is -0.438. The van der Waals surface area contributed by atoms with Gasteiger partial charge in [0.25, 0.3) is 0 Å². The lowest BCUT2D eigenvalue weighted by Gasteiger charge is -2.35. The third kappa shape index (κ3) is 5.57. The van der Waals surface area contributed by atoms with E-state index in [2.05, 4.69) is 0 Å². The first-order valence-electron chi connectivity index (χ1n) is 9.14. The van der Waals surface area contributed by atoms with E-state index in [1.54, 1.807) is 0 Å². The molecule has 132 valence electrons. The highest BCUT2D eigenvalue weighted by atomic mass is 16.7. The van der Waals surface area contributed by atoms with E-state index in [1.165, 1.54) is 0 Å². The van der Waals surface area contributed by atoms with Gasteiger partial charge < -0.3 is 19.4 Å². The van der Waals surface area contributed by atoms with E-state index in [-0.39, 0.29) is 18.6 Å². The van der Waals surface area contributed by atoms with Crippen LogP contribution in [0.4, 0.5) is 0 Å². The van der Waals surface area contributed by atoms with Gasteiger partial charge in [-0.05, 0) is 57.3 Å². The average Bonchev–Trinajstić information content (AvgIpc) is 2.94. The third-order valence-corrected chi connectivity index (χ3v) is 5.19. The van der Waals surface area contributed by atoms with Crippen molar-refractivity contribution in [2.45, 2.75) is 88.9 Å². The number of aliphatic carboxylic acids is 1. The van der Waals surface area contributed by atoms with Crippen LogP contribution in [0.2, 0.25) is 0 Å². The van der Waals surface area contributed by atoms with Crippen LogP contribution in [0.25, 0.3) is 0 Å². The Bertz CT molecular complexity index is 378. The highest BCUT2D eigenvalue weighted by molar-refractivity contribution is 5.66. The maximum absolute atomic E-state index is 11.8. The normalized spacial score (nSPS) is 31.1. The molecule has 0 spiro atoms. The van der Waals surface area contributed by atoms with Crippen LogP contribution >= 0.6 is 0 Å². The van der Waals surface area contributed by atoms with E-state index >= 15 is 0 Å². The third-order valence-electron chi connectivity index (χ3n) is 5.19. The first-order valence-corrected chi connectivity index (χ1v) is 9.14. The molecule has 0 radical (unpaired) electrons. The molecule has 2 rings (SSSR count). The molecule has 23 heavy (non-hydrogen) atoms. The maximum atomic E-state index is 11.8. The van der Waals surface area contributed by atoms with Crippen LogP contribution in [-0.2, 0) is 19.1 Å². The molecule has 0 aromatic carbocycles. The number of carboxylic acids is 1. The number of carboxylic acid groups (broad SMARTS) is 1. The van der Waals surface area contributed by atoms with Crippen LogP contribution in [0, 0.1) is 5.92 Å². The molecule has 1 aliphatic carbocycles. The van der Waals surface area contributed by atoms with Crippen LogP contribution in [-0.4, -0.2) is 35.9 Å². The molecule has 3 unspecified atom stereocenters. The number of ether oxygens (including phenoxy) is 2. The Morgan fingerprint density at radius 3 is 2.70 bits per heavy atom. The van der Waals surface area contributed by atoms with E-state index in [9.17, 15) is 9.59 Å². The van der Waals surface area contributed by atoms with Crippen molar-refractivity contribution >= 4 is 12.3 Å². The molecule has 5 nitrogen and oxygen atoms in total. The highest BCUT2D eigenvalue weighted by Gasteiger charge is 2.45. The van der Waals surface area contributed by atoms with Gasteiger partial charge in [-0.25, -0.2) is 0 Å². The van der Waals surface area contributed by atoms with Crippen molar-refractivity contribution in [2.75, 3.05) is 6.61 Å². The molecule has 1 saturated carbocycles. The van der Waals surface area contributed by atoms with E-state index < -0.39 is 11.6 Å². The number of hydrogen-bond donors (Lipinski definition) is 1. The number of hydrogen-bond acceptors (Lipinski definition) is 4. The Kier molecular flexibility index (Phi) is 7.50. The van der Waals surface area contributed by atoms with E-state index in [0.29, 0.717) is 0 Å². The maximum Gasteiger partial charge on any atom is 0.303 e. The summed E-state index contributed by atoms with van der Waals surface area (Å²) in [4.78, 5) is 22.3. The Morgan fingerprint density at radius 2 is 2.00 bits per heavy atom. The van der Waals surface area contributed by atoms with E-state index in [0.717, 1.165) is 83.5 Å². The van der Waals surface area contributed by atoms with Gasteiger partial charge in [0.05, 0.1) is 0 Å². The topological polar surface area (TPSA) is 72.8 Å². The average molecular weight is 326 g/mol. The molecule has 0 bridgehead atoms. The summed E-state index contributed by atoms with van der Waals surface area (Å²) >= 11 is 0. The number of carbonyl (C=O) groups is 2. The van der Waals surface area contributed by atoms with Gasteiger partial charge in [0.1, 0.15) is 5.60 Å². The number of unbranched alkanes of at least 4 members (excludes halogenated alkanes) is 3. The van der Waals surface area contributed by atoms with Gasteiger partial charge in [0.15, 0.2) is 12.6 Å². The molecule has 1 N–H and O–H groups in total. The quantitative estimate of drug-likeness (QED) is 0.489. The van der Waals surface area contributed by atoms with Gasteiger partial charge in [0, 0.05) is 13.0 Å². The van der Waals surface area contributed by atoms with Gasteiger partial charge in [-0.3, -0.25) is 4.79 Å².